The monoisotopic (exact) mass is 326 g/mol. The molecule has 24 heavy (non-hydrogen) atoms. The number of hydrogen-bond donors (Lipinski definition) is 3. The van der Waals surface area contributed by atoms with Crippen molar-refractivity contribution in [1.29, 1.82) is 0 Å². The number of carbonyl (C=O) groups excluding carboxylic acids is 2. The molecule has 0 bridgehead atoms. The van der Waals surface area contributed by atoms with E-state index in [9.17, 15) is 24.9 Å². The van der Waals surface area contributed by atoms with Crippen LogP contribution in [0.25, 0.3) is 6.08 Å². The van der Waals surface area contributed by atoms with E-state index in [0.29, 0.717) is 5.56 Å². The second-order valence-corrected chi connectivity index (χ2v) is 5.42. The third-order valence-electron chi connectivity index (χ3n) is 3.40. The number of carbonyl (C=O) groups is 2. The van der Waals surface area contributed by atoms with Gasteiger partial charge in [0.25, 0.3) is 0 Å². The molecule has 5 nitrogen and oxygen atoms in total. The van der Waals surface area contributed by atoms with Crippen LogP contribution in [0, 0.1) is 0 Å². The van der Waals surface area contributed by atoms with Gasteiger partial charge < -0.3 is 15.3 Å². The van der Waals surface area contributed by atoms with Crippen molar-refractivity contribution in [1.82, 2.24) is 0 Å². The maximum absolute atomic E-state index is 12.0. The van der Waals surface area contributed by atoms with Gasteiger partial charge in [0.05, 0.1) is 6.10 Å². The molecule has 0 radical (unpaired) electrons. The van der Waals surface area contributed by atoms with Crippen molar-refractivity contribution in [3.05, 3.63) is 65.7 Å². The molecule has 5 heteroatoms. The first-order chi connectivity index (χ1) is 11.4. The SMILES string of the molecule is O=C(/C=C/c1ccc(O)cc1)C[C@@H](O)CC(=O)c1ccc(O)cc1. The Bertz CT molecular complexity index is 729. The fraction of sp³-hybridized carbons (Fsp3) is 0.158. The van der Waals surface area contributed by atoms with Crippen molar-refractivity contribution >= 4 is 17.6 Å². The molecule has 124 valence electrons. The van der Waals surface area contributed by atoms with E-state index in [-0.39, 0.29) is 35.9 Å². The molecule has 0 heterocycles. The predicted molar refractivity (Wildman–Crippen MR) is 89.8 cm³/mol. The van der Waals surface area contributed by atoms with Gasteiger partial charge in [-0.25, -0.2) is 0 Å². The van der Waals surface area contributed by atoms with Gasteiger partial charge >= 0.3 is 0 Å². The Labute approximate surface area is 139 Å². The van der Waals surface area contributed by atoms with Crippen molar-refractivity contribution in [2.45, 2.75) is 18.9 Å². The van der Waals surface area contributed by atoms with Crippen LogP contribution in [0.1, 0.15) is 28.8 Å². The van der Waals surface area contributed by atoms with Crippen LogP contribution in [0.5, 0.6) is 11.5 Å². The molecule has 1 atom stereocenters. The highest BCUT2D eigenvalue weighted by Crippen LogP contribution is 2.14. The van der Waals surface area contributed by atoms with E-state index in [2.05, 4.69) is 0 Å². The summed E-state index contributed by atoms with van der Waals surface area (Å²) in [6.45, 7) is 0. The Morgan fingerprint density at radius 2 is 1.42 bits per heavy atom. The minimum absolute atomic E-state index is 0.0571. The van der Waals surface area contributed by atoms with Crippen LogP contribution in [0.15, 0.2) is 54.6 Å². The summed E-state index contributed by atoms with van der Waals surface area (Å²) in [4.78, 5) is 23.8. The summed E-state index contributed by atoms with van der Waals surface area (Å²) in [6.07, 6.45) is 1.53. The van der Waals surface area contributed by atoms with Crippen molar-refractivity contribution in [2.24, 2.45) is 0 Å². The van der Waals surface area contributed by atoms with Gasteiger partial charge in [-0.2, -0.15) is 0 Å². The van der Waals surface area contributed by atoms with E-state index < -0.39 is 6.10 Å². The topological polar surface area (TPSA) is 94.8 Å². The van der Waals surface area contributed by atoms with Gasteiger partial charge in [0.15, 0.2) is 11.6 Å². The Kier molecular flexibility index (Phi) is 5.87. The summed E-state index contributed by atoms with van der Waals surface area (Å²) in [6, 6.07) is 12.1. The molecule has 2 aromatic rings. The molecule has 0 aliphatic rings. The summed E-state index contributed by atoms with van der Waals surface area (Å²) in [5, 5.41) is 28.2. The van der Waals surface area contributed by atoms with Crippen LogP contribution >= 0.6 is 0 Å². The van der Waals surface area contributed by atoms with E-state index in [4.69, 9.17) is 0 Å². The van der Waals surface area contributed by atoms with Crippen molar-refractivity contribution < 1.29 is 24.9 Å². The van der Waals surface area contributed by atoms with Crippen molar-refractivity contribution in [2.75, 3.05) is 0 Å². The molecule has 2 rings (SSSR count). The zero-order valence-corrected chi connectivity index (χ0v) is 12.9. The number of aromatic hydroxyl groups is 2. The van der Waals surface area contributed by atoms with Gasteiger partial charge in [0, 0.05) is 18.4 Å². The third-order valence-corrected chi connectivity index (χ3v) is 3.40. The van der Waals surface area contributed by atoms with Gasteiger partial charge in [0.2, 0.25) is 0 Å². The van der Waals surface area contributed by atoms with Gasteiger partial charge in [-0.3, -0.25) is 9.59 Å². The van der Waals surface area contributed by atoms with Gasteiger partial charge in [0.1, 0.15) is 11.5 Å². The molecular formula is C19H18O5. The number of allylic oxidation sites excluding steroid dienone is 1. The van der Waals surface area contributed by atoms with E-state index in [1.807, 2.05) is 0 Å². The van der Waals surface area contributed by atoms with Gasteiger partial charge in [-0.15, -0.1) is 0 Å². The molecular weight excluding hydrogens is 308 g/mol. The summed E-state index contributed by atoms with van der Waals surface area (Å²) in [5.74, 6) is -0.393. The lowest BCUT2D eigenvalue weighted by molar-refractivity contribution is -0.116. The summed E-state index contributed by atoms with van der Waals surface area (Å²) < 4.78 is 0. The van der Waals surface area contributed by atoms with E-state index >= 15 is 0 Å². The van der Waals surface area contributed by atoms with Crippen molar-refractivity contribution in [3.63, 3.8) is 0 Å². The molecule has 3 N–H and O–H groups in total. The summed E-state index contributed by atoms with van der Waals surface area (Å²) in [5.41, 5.74) is 1.12. The number of phenols is 2. The molecule has 0 unspecified atom stereocenters. The first kappa shape index (κ1) is 17.4. The Morgan fingerprint density at radius 1 is 0.875 bits per heavy atom. The minimum Gasteiger partial charge on any atom is -0.508 e. The molecule has 0 saturated carbocycles. The average Bonchev–Trinajstić information content (AvgIpc) is 2.54. The van der Waals surface area contributed by atoms with Gasteiger partial charge in [-0.1, -0.05) is 18.2 Å². The van der Waals surface area contributed by atoms with Crippen LogP contribution in [0.3, 0.4) is 0 Å². The fourth-order valence-electron chi connectivity index (χ4n) is 2.13. The molecule has 0 fully saturated rings. The lowest BCUT2D eigenvalue weighted by Crippen LogP contribution is -2.17. The molecule has 2 aromatic carbocycles. The highest BCUT2D eigenvalue weighted by Gasteiger charge is 2.15. The number of ketones is 2. The lowest BCUT2D eigenvalue weighted by Gasteiger charge is -2.08. The molecule has 0 saturated heterocycles. The van der Waals surface area contributed by atoms with Crippen LogP contribution in [0.2, 0.25) is 0 Å². The fourth-order valence-corrected chi connectivity index (χ4v) is 2.13. The average molecular weight is 326 g/mol. The minimum atomic E-state index is -1.07. The number of rotatable bonds is 7. The zero-order chi connectivity index (χ0) is 17.5. The number of aliphatic hydroxyl groups excluding tert-OH is 1. The predicted octanol–water partition coefficient (Wildman–Crippen LogP) is 2.70. The smallest absolute Gasteiger partial charge is 0.165 e. The molecule has 0 aliphatic heterocycles. The molecule has 0 amide bonds. The van der Waals surface area contributed by atoms with Crippen molar-refractivity contribution in [3.8, 4) is 11.5 Å². The zero-order valence-electron chi connectivity index (χ0n) is 12.9. The number of Topliss-reactive ketones (excluding diaryl/α,β-unsaturated/α-hetero) is 1. The molecule has 0 aliphatic carbocycles. The number of hydrogen-bond acceptors (Lipinski definition) is 5. The standard InChI is InChI=1S/C19H18O5/c20-15-6-1-13(2-7-15)3-8-17(22)11-18(23)12-19(24)14-4-9-16(21)10-5-14/h1-10,18,20-21,23H,11-12H2/b8-3+/t18-/m1/s1. The first-order valence-electron chi connectivity index (χ1n) is 7.44. The Hall–Kier alpha value is -2.92. The van der Waals surface area contributed by atoms with Crippen LogP contribution in [-0.2, 0) is 4.79 Å². The summed E-state index contributed by atoms with van der Waals surface area (Å²) in [7, 11) is 0. The van der Waals surface area contributed by atoms with E-state index in [1.54, 1.807) is 18.2 Å². The Balaban J connectivity index is 1.85. The van der Waals surface area contributed by atoms with Crippen LogP contribution in [0.4, 0.5) is 0 Å². The van der Waals surface area contributed by atoms with Gasteiger partial charge in [-0.05, 0) is 48.0 Å². The maximum atomic E-state index is 12.0. The van der Waals surface area contributed by atoms with E-state index in [1.165, 1.54) is 42.5 Å². The lowest BCUT2D eigenvalue weighted by atomic mass is 10.0. The number of aliphatic hydroxyl groups is 1. The molecule has 0 aromatic heterocycles. The highest BCUT2D eigenvalue weighted by molar-refractivity contribution is 5.98. The second-order valence-electron chi connectivity index (χ2n) is 5.42. The quantitative estimate of drug-likeness (QED) is 0.537. The normalized spacial score (nSPS) is 12.2. The molecule has 0 spiro atoms. The number of phenolic OH excluding ortho intramolecular Hbond substituents is 2. The third kappa shape index (κ3) is 5.37. The van der Waals surface area contributed by atoms with Crippen LogP contribution < -0.4 is 0 Å². The van der Waals surface area contributed by atoms with Crippen LogP contribution in [-0.4, -0.2) is 33.0 Å². The summed E-state index contributed by atoms with van der Waals surface area (Å²) >= 11 is 0. The highest BCUT2D eigenvalue weighted by atomic mass is 16.3. The first-order valence-corrected chi connectivity index (χ1v) is 7.44. The second kappa shape index (κ2) is 8.08. The number of benzene rings is 2. The Morgan fingerprint density at radius 3 is 2.00 bits per heavy atom. The largest absolute Gasteiger partial charge is 0.508 e. The van der Waals surface area contributed by atoms with E-state index in [0.717, 1.165) is 5.56 Å². The maximum Gasteiger partial charge on any atom is 0.165 e.